The van der Waals surface area contributed by atoms with E-state index in [9.17, 15) is 9.18 Å². The van der Waals surface area contributed by atoms with Gasteiger partial charge in [0.2, 0.25) is 0 Å². The van der Waals surface area contributed by atoms with Crippen LogP contribution in [-0.2, 0) is 0 Å². The summed E-state index contributed by atoms with van der Waals surface area (Å²) in [5.74, 6) is -1.73. The van der Waals surface area contributed by atoms with E-state index in [0.29, 0.717) is 16.3 Å². The summed E-state index contributed by atoms with van der Waals surface area (Å²) >= 11 is 5.85. The predicted molar refractivity (Wildman–Crippen MR) is 70.4 cm³/mol. The second-order valence-corrected chi connectivity index (χ2v) is 4.25. The topological polar surface area (TPSA) is 46.5 Å². The van der Waals surface area contributed by atoms with E-state index in [-0.39, 0.29) is 11.1 Å². The highest BCUT2D eigenvalue weighted by molar-refractivity contribution is 6.30. The largest absolute Gasteiger partial charge is 0.496 e. The Balaban J connectivity index is 2.72. The third kappa shape index (κ3) is 2.53. The second kappa shape index (κ2) is 5.28. The quantitative estimate of drug-likeness (QED) is 0.929. The molecule has 0 saturated carbocycles. The number of halogens is 2. The van der Waals surface area contributed by atoms with E-state index in [2.05, 4.69) is 0 Å². The summed E-state index contributed by atoms with van der Waals surface area (Å²) in [5, 5.41) is 9.57. The van der Waals surface area contributed by atoms with Crippen molar-refractivity contribution in [2.45, 2.75) is 0 Å². The molecule has 2 aromatic carbocycles. The number of hydrogen-bond acceptors (Lipinski definition) is 2. The minimum Gasteiger partial charge on any atom is -0.496 e. The minimum atomic E-state index is -1.33. The van der Waals surface area contributed by atoms with Crippen molar-refractivity contribution in [1.82, 2.24) is 0 Å². The normalized spacial score (nSPS) is 10.3. The van der Waals surface area contributed by atoms with Gasteiger partial charge in [0.25, 0.3) is 0 Å². The molecule has 0 unspecified atom stereocenters. The van der Waals surface area contributed by atoms with Crippen molar-refractivity contribution >= 4 is 17.6 Å². The molecular formula is C14H10ClFO3. The highest BCUT2D eigenvalue weighted by Crippen LogP contribution is 2.35. The maximum absolute atomic E-state index is 13.7. The summed E-state index contributed by atoms with van der Waals surface area (Å²) in [6.07, 6.45) is 0. The first kappa shape index (κ1) is 13.4. The SMILES string of the molecule is COc1cc(Cl)ccc1-c1cccc(F)c1C(=O)O. The molecule has 0 saturated heterocycles. The van der Waals surface area contributed by atoms with Crippen molar-refractivity contribution in [3.8, 4) is 16.9 Å². The van der Waals surface area contributed by atoms with Crippen LogP contribution in [0.3, 0.4) is 0 Å². The number of benzene rings is 2. The average molecular weight is 281 g/mol. The van der Waals surface area contributed by atoms with Crippen LogP contribution in [0, 0.1) is 5.82 Å². The van der Waals surface area contributed by atoms with Crippen LogP contribution in [0.2, 0.25) is 5.02 Å². The van der Waals surface area contributed by atoms with Crippen LogP contribution in [0.1, 0.15) is 10.4 Å². The van der Waals surface area contributed by atoms with Gasteiger partial charge < -0.3 is 9.84 Å². The molecule has 0 aliphatic heterocycles. The fourth-order valence-electron chi connectivity index (χ4n) is 1.85. The lowest BCUT2D eigenvalue weighted by Crippen LogP contribution is -2.04. The Bertz CT molecular complexity index is 641. The van der Waals surface area contributed by atoms with Crippen LogP contribution in [0.15, 0.2) is 36.4 Å². The number of carboxylic acids is 1. The van der Waals surface area contributed by atoms with Crippen molar-refractivity contribution in [3.05, 3.63) is 52.8 Å². The molecule has 98 valence electrons. The molecule has 0 amide bonds. The van der Waals surface area contributed by atoms with E-state index in [0.717, 1.165) is 6.07 Å². The summed E-state index contributed by atoms with van der Waals surface area (Å²) in [7, 11) is 1.44. The third-order valence-corrected chi connectivity index (χ3v) is 2.92. The summed E-state index contributed by atoms with van der Waals surface area (Å²) in [5.41, 5.74) is 0.341. The van der Waals surface area contributed by atoms with Gasteiger partial charge in [-0.05, 0) is 24.3 Å². The molecular weight excluding hydrogens is 271 g/mol. The molecule has 0 spiro atoms. The maximum Gasteiger partial charge on any atom is 0.339 e. The highest BCUT2D eigenvalue weighted by atomic mass is 35.5. The van der Waals surface area contributed by atoms with Crippen LogP contribution in [0.5, 0.6) is 5.75 Å². The van der Waals surface area contributed by atoms with E-state index < -0.39 is 11.8 Å². The maximum atomic E-state index is 13.7. The fourth-order valence-corrected chi connectivity index (χ4v) is 2.02. The molecule has 0 fully saturated rings. The van der Waals surface area contributed by atoms with Gasteiger partial charge in [0.05, 0.1) is 7.11 Å². The Morgan fingerprint density at radius 2 is 2.00 bits per heavy atom. The van der Waals surface area contributed by atoms with Crippen molar-refractivity contribution in [1.29, 1.82) is 0 Å². The zero-order valence-electron chi connectivity index (χ0n) is 9.98. The van der Waals surface area contributed by atoms with Gasteiger partial charge >= 0.3 is 5.97 Å². The molecule has 0 heterocycles. The number of carboxylic acid groups (broad SMARTS) is 1. The molecule has 0 bridgehead atoms. The molecule has 19 heavy (non-hydrogen) atoms. The lowest BCUT2D eigenvalue weighted by atomic mass is 9.98. The van der Waals surface area contributed by atoms with Gasteiger partial charge in [-0.2, -0.15) is 0 Å². The van der Waals surface area contributed by atoms with Crippen LogP contribution in [0.4, 0.5) is 4.39 Å². The van der Waals surface area contributed by atoms with Crippen LogP contribution < -0.4 is 4.74 Å². The lowest BCUT2D eigenvalue weighted by molar-refractivity contribution is 0.0693. The first-order valence-corrected chi connectivity index (χ1v) is 5.78. The number of aromatic carboxylic acids is 1. The molecule has 1 N–H and O–H groups in total. The van der Waals surface area contributed by atoms with Crippen molar-refractivity contribution in [3.63, 3.8) is 0 Å². The molecule has 2 aromatic rings. The Kier molecular flexibility index (Phi) is 3.71. The van der Waals surface area contributed by atoms with Crippen molar-refractivity contribution < 1.29 is 19.0 Å². The molecule has 0 aromatic heterocycles. The molecule has 3 nitrogen and oxygen atoms in total. The van der Waals surface area contributed by atoms with Crippen LogP contribution in [-0.4, -0.2) is 18.2 Å². The van der Waals surface area contributed by atoms with E-state index in [1.165, 1.54) is 19.2 Å². The standard InChI is InChI=1S/C14H10ClFO3/c1-19-12-7-8(15)5-6-9(12)10-3-2-4-11(16)13(10)14(17)18/h2-7H,1H3,(H,17,18). The second-order valence-electron chi connectivity index (χ2n) is 3.81. The molecule has 2 rings (SSSR count). The fraction of sp³-hybridized carbons (Fsp3) is 0.0714. The minimum absolute atomic E-state index is 0.251. The van der Waals surface area contributed by atoms with E-state index >= 15 is 0 Å². The summed E-state index contributed by atoms with van der Waals surface area (Å²) in [4.78, 5) is 11.2. The van der Waals surface area contributed by atoms with Gasteiger partial charge in [-0.25, -0.2) is 9.18 Å². The smallest absolute Gasteiger partial charge is 0.339 e. The zero-order chi connectivity index (χ0) is 14.0. The van der Waals surface area contributed by atoms with Crippen molar-refractivity contribution in [2.75, 3.05) is 7.11 Å². The Labute approximate surface area is 114 Å². The number of ether oxygens (including phenoxy) is 1. The number of rotatable bonds is 3. The number of methoxy groups -OCH3 is 1. The highest BCUT2D eigenvalue weighted by Gasteiger charge is 2.19. The Morgan fingerprint density at radius 3 is 2.63 bits per heavy atom. The van der Waals surface area contributed by atoms with Crippen molar-refractivity contribution in [2.24, 2.45) is 0 Å². The zero-order valence-corrected chi connectivity index (χ0v) is 10.7. The summed E-state index contributed by atoms with van der Waals surface area (Å²) in [6.45, 7) is 0. The predicted octanol–water partition coefficient (Wildman–Crippen LogP) is 3.85. The lowest BCUT2D eigenvalue weighted by Gasteiger charge is -2.12. The third-order valence-electron chi connectivity index (χ3n) is 2.68. The summed E-state index contributed by atoms with van der Waals surface area (Å²) < 4.78 is 18.8. The van der Waals surface area contributed by atoms with E-state index in [4.69, 9.17) is 21.4 Å². The molecule has 5 heteroatoms. The molecule has 0 aliphatic carbocycles. The van der Waals surface area contributed by atoms with Crippen LogP contribution >= 0.6 is 11.6 Å². The monoisotopic (exact) mass is 280 g/mol. The Hall–Kier alpha value is -2.07. The Morgan fingerprint density at radius 1 is 1.26 bits per heavy atom. The number of hydrogen-bond donors (Lipinski definition) is 1. The van der Waals surface area contributed by atoms with Gasteiger partial charge in [-0.15, -0.1) is 0 Å². The molecule has 0 aliphatic rings. The van der Waals surface area contributed by atoms with Gasteiger partial charge in [0.1, 0.15) is 17.1 Å². The summed E-state index contributed by atoms with van der Waals surface area (Å²) in [6, 6.07) is 8.82. The van der Waals surface area contributed by atoms with E-state index in [1.54, 1.807) is 18.2 Å². The first-order chi connectivity index (χ1) is 9.04. The van der Waals surface area contributed by atoms with Gasteiger partial charge in [0.15, 0.2) is 0 Å². The average Bonchev–Trinajstić information content (AvgIpc) is 2.37. The molecule has 0 atom stereocenters. The van der Waals surface area contributed by atoms with Gasteiger partial charge in [0, 0.05) is 16.1 Å². The first-order valence-electron chi connectivity index (χ1n) is 5.40. The van der Waals surface area contributed by atoms with E-state index in [1.807, 2.05) is 0 Å². The van der Waals surface area contributed by atoms with Gasteiger partial charge in [-0.3, -0.25) is 0 Å². The molecule has 0 radical (unpaired) electrons. The van der Waals surface area contributed by atoms with Crippen LogP contribution in [0.25, 0.3) is 11.1 Å². The van der Waals surface area contributed by atoms with Gasteiger partial charge in [-0.1, -0.05) is 23.7 Å². The number of carbonyl (C=O) groups is 1.